The number of carbonyl (C=O) groups is 1. The van der Waals surface area contributed by atoms with Crippen LogP contribution in [0.1, 0.15) is 69.2 Å². The maximum atomic E-state index is 13.3. The number of rotatable bonds is 5. The quantitative estimate of drug-likeness (QED) is 0.510. The molecule has 158 valence electrons. The van der Waals surface area contributed by atoms with Crippen LogP contribution in [0.5, 0.6) is 0 Å². The molecule has 0 aliphatic heterocycles. The largest absolute Gasteiger partial charge is 0.342 e. The van der Waals surface area contributed by atoms with Gasteiger partial charge in [-0.1, -0.05) is 31.0 Å². The van der Waals surface area contributed by atoms with Crippen LogP contribution in [0.15, 0.2) is 9.95 Å². The highest BCUT2D eigenvalue weighted by Crippen LogP contribution is 2.35. The lowest BCUT2D eigenvalue weighted by Crippen LogP contribution is -2.42. The zero-order valence-electron chi connectivity index (χ0n) is 17.7. The molecule has 29 heavy (non-hydrogen) atoms. The molecule has 2 aromatic heterocycles. The van der Waals surface area contributed by atoms with E-state index in [1.165, 1.54) is 47.9 Å². The van der Waals surface area contributed by atoms with Crippen molar-refractivity contribution >= 4 is 39.2 Å². The minimum Gasteiger partial charge on any atom is -0.342 e. The predicted molar refractivity (Wildman–Crippen MR) is 121 cm³/mol. The van der Waals surface area contributed by atoms with E-state index in [1.54, 1.807) is 15.9 Å². The van der Waals surface area contributed by atoms with E-state index in [4.69, 9.17) is 4.98 Å². The van der Waals surface area contributed by atoms with Crippen LogP contribution in [0, 0.1) is 0 Å². The average molecular weight is 434 g/mol. The third-order valence-corrected chi connectivity index (χ3v) is 8.72. The standard InChI is InChI=1S/C22H31N3O2S2/c1-4-25-21(27)18-16-12-8-9-13-17(16)29-19(18)23-22(25)28-14(2)20(26)24(3)15-10-6-5-7-11-15/h14-15H,4-13H2,1-3H3. The Bertz CT molecular complexity index is 959. The van der Waals surface area contributed by atoms with Crippen LogP contribution in [-0.2, 0) is 24.2 Å². The fourth-order valence-corrected chi connectivity index (χ4v) is 7.11. The van der Waals surface area contributed by atoms with Gasteiger partial charge in [0.05, 0.1) is 10.6 Å². The Labute approximate surface area is 180 Å². The van der Waals surface area contributed by atoms with Gasteiger partial charge in [-0.2, -0.15) is 0 Å². The van der Waals surface area contributed by atoms with E-state index < -0.39 is 0 Å². The van der Waals surface area contributed by atoms with Gasteiger partial charge in [0.2, 0.25) is 5.91 Å². The number of nitrogens with zero attached hydrogens (tertiary/aromatic N) is 3. The molecule has 2 aliphatic carbocycles. The van der Waals surface area contributed by atoms with E-state index >= 15 is 0 Å². The first-order chi connectivity index (χ1) is 14.0. The summed E-state index contributed by atoms with van der Waals surface area (Å²) >= 11 is 3.12. The molecule has 1 saturated carbocycles. The van der Waals surface area contributed by atoms with Crippen LogP contribution in [0.4, 0.5) is 0 Å². The zero-order valence-corrected chi connectivity index (χ0v) is 19.3. The van der Waals surface area contributed by atoms with Gasteiger partial charge in [0.25, 0.3) is 5.56 Å². The van der Waals surface area contributed by atoms with Gasteiger partial charge in [-0.3, -0.25) is 14.2 Å². The second-order valence-corrected chi connectivity index (χ2v) is 10.7. The summed E-state index contributed by atoms with van der Waals surface area (Å²) in [5.74, 6) is 0.143. The van der Waals surface area contributed by atoms with E-state index in [2.05, 4.69) is 0 Å². The second-order valence-electron chi connectivity index (χ2n) is 8.34. The number of thioether (sulfide) groups is 1. The highest BCUT2D eigenvalue weighted by molar-refractivity contribution is 8.00. The molecule has 0 aromatic carbocycles. The van der Waals surface area contributed by atoms with Gasteiger partial charge >= 0.3 is 0 Å². The average Bonchev–Trinajstić information content (AvgIpc) is 3.12. The van der Waals surface area contributed by atoms with Crippen molar-refractivity contribution in [1.29, 1.82) is 0 Å². The third-order valence-electron chi connectivity index (χ3n) is 6.46. The van der Waals surface area contributed by atoms with Crippen molar-refractivity contribution in [3.8, 4) is 0 Å². The van der Waals surface area contributed by atoms with Gasteiger partial charge in [-0.05, 0) is 57.9 Å². The van der Waals surface area contributed by atoms with Gasteiger partial charge in [0, 0.05) is 24.5 Å². The van der Waals surface area contributed by atoms with Crippen LogP contribution in [0.3, 0.4) is 0 Å². The van der Waals surface area contributed by atoms with Crippen molar-refractivity contribution in [3.05, 3.63) is 20.8 Å². The Kier molecular flexibility index (Phi) is 6.35. The molecule has 0 N–H and O–H groups in total. The Morgan fingerprint density at radius 2 is 1.97 bits per heavy atom. The van der Waals surface area contributed by atoms with Gasteiger partial charge in [-0.25, -0.2) is 4.98 Å². The molecule has 0 radical (unpaired) electrons. The third kappa shape index (κ3) is 4.00. The topological polar surface area (TPSA) is 55.2 Å². The highest BCUT2D eigenvalue weighted by atomic mass is 32.2. The van der Waals surface area contributed by atoms with E-state index in [1.807, 2.05) is 25.8 Å². The van der Waals surface area contributed by atoms with Gasteiger partial charge < -0.3 is 4.90 Å². The molecule has 2 aliphatic rings. The van der Waals surface area contributed by atoms with Gasteiger partial charge in [-0.15, -0.1) is 11.3 Å². The molecule has 0 saturated heterocycles. The van der Waals surface area contributed by atoms with Crippen LogP contribution in [0.25, 0.3) is 10.2 Å². The maximum absolute atomic E-state index is 13.3. The minimum absolute atomic E-state index is 0.0692. The SMILES string of the molecule is CCn1c(SC(C)C(=O)N(C)C2CCCCC2)nc2sc3c(c2c1=O)CCCC3. The summed E-state index contributed by atoms with van der Waals surface area (Å²) in [6, 6.07) is 0.354. The number of amides is 1. The predicted octanol–water partition coefficient (Wildman–Crippen LogP) is 4.63. The van der Waals surface area contributed by atoms with Crippen molar-refractivity contribution in [2.45, 2.75) is 94.6 Å². The number of carbonyl (C=O) groups excluding carboxylic acids is 1. The van der Waals surface area contributed by atoms with Crippen molar-refractivity contribution in [3.63, 3.8) is 0 Å². The van der Waals surface area contributed by atoms with Crippen molar-refractivity contribution in [1.82, 2.24) is 14.5 Å². The molecule has 0 bridgehead atoms. The van der Waals surface area contributed by atoms with E-state index in [-0.39, 0.29) is 16.7 Å². The fourth-order valence-electron chi connectivity index (χ4n) is 4.73. The molecular weight excluding hydrogens is 402 g/mol. The normalized spacial score (nSPS) is 18.6. The molecule has 1 unspecified atom stereocenters. The summed E-state index contributed by atoms with van der Waals surface area (Å²) in [4.78, 5) is 35.3. The molecular formula is C22H31N3O2S2. The van der Waals surface area contributed by atoms with Crippen LogP contribution in [-0.4, -0.2) is 38.7 Å². The number of aryl methyl sites for hydroxylation is 2. The molecule has 1 fully saturated rings. The minimum atomic E-state index is -0.251. The summed E-state index contributed by atoms with van der Waals surface area (Å²) < 4.78 is 1.76. The van der Waals surface area contributed by atoms with Gasteiger partial charge in [0.15, 0.2) is 5.16 Å². The van der Waals surface area contributed by atoms with Crippen molar-refractivity contribution in [2.75, 3.05) is 7.05 Å². The number of aromatic nitrogens is 2. The number of hydrogen-bond donors (Lipinski definition) is 0. The monoisotopic (exact) mass is 433 g/mol. The number of hydrogen-bond acceptors (Lipinski definition) is 5. The summed E-state index contributed by atoms with van der Waals surface area (Å²) in [6.07, 6.45) is 10.3. The summed E-state index contributed by atoms with van der Waals surface area (Å²) in [5, 5.41) is 1.26. The molecule has 0 spiro atoms. The second kappa shape index (κ2) is 8.80. The smallest absolute Gasteiger partial charge is 0.263 e. The lowest BCUT2D eigenvalue weighted by molar-refractivity contribution is -0.131. The van der Waals surface area contributed by atoms with E-state index in [0.717, 1.165) is 42.3 Å². The number of fused-ring (bicyclic) bond motifs is 3. The molecule has 7 heteroatoms. The van der Waals surface area contributed by atoms with Crippen molar-refractivity contribution in [2.24, 2.45) is 0 Å². The maximum Gasteiger partial charge on any atom is 0.263 e. The molecule has 2 heterocycles. The lowest BCUT2D eigenvalue weighted by atomic mass is 9.94. The Hall–Kier alpha value is -1.34. The van der Waals surface area contributed by atoms with Gasteiger partial charge in [0.1, 0.15) is 4.83 Å². The van der Waals surface area contributed by atoms with E-state index in [9.17, 15) is 9.59 Å². The Balaban J connectivity index is 1.61. The summed E-state index contributed by atoms with van der Waals surface area (Å²) in [5.41, 5.74) is 1.30. The first-order valence-electron chi connectivity index (χ1n) is 11.0. The molecule has 4 rings (SSSR count). The summed E-state index contributed by atoms with van der Waals surface area (Å²) in [6.45, 7) is 4.51. The molecule has 5 nitrogen and oxygen atoms in total. The van der Waals surface area contributed by atoms with E-state index in [0.29, 0.717) is 17.7 Å². The summed E-state index contributed by atoms with van der Waals surface area (Å²) in [7, 11) is 1.94. The highest BCUT2D eigenvalue weighted by Gasteiger charge is 2.28. The molecule has 1 atom stereocenters. The first-order valence-corrected chi connectivity index (χ1v) is 12.7. The Morgan fingerprint density at radius 3 is 2.69 bits per heavy atom. The van der Waals surface area contributed by atoms with Crippen molar-refractivity contribution < 1.29 is 4.79 Å². The fraction of sp³-hybridized carbons (Fsp3) is 0.682. The molecule has 1 amide bonds. The van der Waals surface area contributed by atoms with Crippen LogP contribution in [0.2, 0.25) is 0 Å². The first kappa shape index (κ1) is 20.9. The van der Waals surface area contributed by atoms with Crippen LogP contribution < -0.4 is 5.56 Å². The van der Waals surface area contributed by atoms with Crippen LogP contribution >= 0.6 is 23.1 Å². The zero-order chi connectivity index (χ0) is 20.5. The number of thiophene rings is 1. The lowest BCUT2D eigenvalue weighted by Gasteiger charge is -2.32. The molecule has 2 aromatic rings. The Morgan fingerprint density at radius 1 is 1.24 bits per heavy atom.